The minimum atomic E-state index is -0.344. The molecule has 1 aromatic carbocycles. The van der Waals surface area contributed by atoms with E-state index in [9.17, 15) is 4.79 Å². The number of hydrogen-bond donors (Lipinski definition) is 1. The molecular weight excluding hydrogens is 270 g/mol. The summed E-state index contributed by atoms with van der Waals surface area (Å²) in [6.45, 7) is 0. The van der Waals surface area contributed by atoms with Crippen LogP contribution in [0.25, 0.3) is 0 Å². The first-order valence-corrected chi connectivity index (χ1v) is 6.10. The predicted octanol–water partition coefficient (Wildman–Crippen LogP) is 2.66. The molecule has 86 valence electrons. The van der Waals surface area contributed by atoms with Crippen molar-refractivity contribution in [3.63, 3.8) is 0 Å². The second-order valence-electron chi connectivity index (χ2n) is 3.99. The molecule has 1 aliphatic rings. The number of halogens is 1. The number of carbonyl (C=O) groups is 1. The molecule has 0 fully saturated rings. The highest BCUT2D eigenvalue weighted by Gasteiger charge is 2.20. The lowest BCUT2D eigenvalue weighted by Crippen LogP contribution is -2.38. The van der Waals surface area contributed by atoms with E-state index >= 15 is 0 Å². The molecule has 0 bridgehead atoms. The lowest BCUT2D eigenvalue weighted by molar-refractivity contribution is 0.165. The zero-order valence-corrected chi connectivity index (χ0v) is 10.7. The highest BCUT2D eigenvalue weighted by Crippen LogP contribution is 2.24. The average molecular weight is 284 g/mol. The topological polar surface area (TPSA) is 38.3 Å². The van der Waals surface area contributed by atoms with E-state index in [2.05, 4.69) is 44.2 Å². The SMILES string of the molecule is COC(=O)N[C@@H]1CCc2ccc(Br)cc2C1. The summed E-state index contributed by atoms with van der Waals surface area (Å²) in [5.41, 5.74) is 2.69. The summed E-state index contributed by atoms with van der Waals surface area (Å²) in [5, 5.41) is 2.85. The highest BCUT2D eigenvalue weighted by molar-refractivity contribution is 9.10. The minimum Gasteiger partial charge on any atom is -0.453 e. The Morgan fingerprint density at radius 1 is 1.50 bits per heavy atom. The predicted molar refractivity (Wildman–Crippen MR) is 65.5 cm³/mol. The van der Waals surface area contributed by atoms with Gasteiger partial charge in [0, 0.05) is 10.5 Å². The molecule has 0 aliphatic heterocycles. The summed E-state index contributed by atoms with van der Waals surface area (Å²) in [5.74, 6) is 0. The molecule has 0 saturated heterocycles. The van der Waals surface area contributed by atoms with Crippen LogP contribution in [0, 0.1) is 0 Å². The largest absolute Gasteiger partial charge is 0.453 e. The van der Waals surface area contributed by atoms with E-state index in [1.54, 1.807) is 0 Å². The van der Waals surface area contributed by atoms with Crippen molar-refractivity contribution in [3.05, 3.63) is 33.8 Å². The first-order valence-electron chi connectivity index (χ1n) is 5.31. The first-order chi connectivity index (χ1) is 7.69. The third-order valence-corrected chi connectivity index (χ3v) is 3.40. The maximum atomic E-state index is 11.1. The summed E-state index contributed by atoms with van der Waals surface area (Å²) >= 11 is 3.46. The molecule has 16 heavy (non-hydrogen) atoms. The van der Waals surface area contributed by atoms with Crippen LogP contribution in [0.4, 0.5) is 4.79 Å². The van der Waals surface area contributed by atoms with Crippen molar-refractivity contribution < 1.29 is 9.53 Å². The van der Waals surface area contributed by atoms with Gasteiger partial charge in [-0.25, -0.2) is 4.79 Å². The van der Waals surface area contributed by atoms with Crippen LogP contribution >= 0.6 is 15.9 Å². The smallest absolute Gasteiger partial charge is 0.407 e. The van der Waals surface area contributed by atoms with Crippen molar-refractivity contribution in [3.8, 4) is 0 Å². The molecule has 0 saturated carbocycles. The van der Waals surface area contributed by atoms with Crippen LogP contribution in [0.5, 0.6) is 0 Å². The molecule has 1 atom stereocenters. The number of ether oxygens (including phenoxy) is 1. The van der Waals surface area contributed by atoms with Gasteiger partial charge in [0.05, 0.1) is 7.11 Å². The van der Waals surface area contributed by atoms with Gasteiger partial charge in [0.1, 0.15) is 0 Å². The number of nitrogens with one attached hydrogen (secondary N) is 1. The molecule has 0 unspecified atom stereocenters. The molecule has 0 heterocycles. The molecule has 2 rings (SSSR count). The van der Waals surface area contributed by atoms with Gasteiger partial charge in [0.2, 0.25) is 0 Å². The van der Waals surface area contributed by atoms with E-state index < -0.39 is 0 Å². The van der Waals surface area contributed by atoms with Crippen molar-refractivity contribution in [2.45, 2.75) is 25.3 Å². The Morgan fingerprint density at radius 2 is 2.31 bits per heavy atom. The number of alkyl carbamates (subject to hydrolysis) is 1. The summed E-state index contributed by atoms with van der Waals surface area (Å²) in [7, 11) is 1.39. The summed E-state index contributed by atoms with van der Waals surface area (Å²) in [6, 6.07) is 6.52. The van der Waals surface area contributed by atoms with Crippen molar-refractivity contribution >= 4 is 22.0 Å². The molecule has 1 amide bonds. The van der Waals surface area contributed by atoms with Crippen molar-refractivity contribution in [2.24, 2.45) is 0 Å². The Balaban J connectivity index is 2.08. The molecule has 1 N–H and O–H groups in total. The maximum Gasteiger partial charge on any atom is 0.407 e. The number of hydrogen-bond acceptors (Lipinski definition) is 2. The van der Waals surface area contributed by atoms with E-state index in [4.69, 9.17) is 0 Å². The molecule has 3 nitrogen and oxygen atoms in total. The van der Waals surface area contributed by atoms with Crippen LogP contribution in [0.3, 0.4) is 0 Å². The second kappa shape index (κ2) is 4.87. The van der Waals surface area contributed by atoms with Gasteiger partial charge in [-0.1, -0.05) is 22.0 Å². The van der Waals surface area contributed by atoms with E-state index in [1.165, 1.54) is 18.2 Å². The molecule has 1 aromatic rings. The van der Waals surface area contributed by atoms with Crippen LogP contribution in [0.15, 0.2) is 22.7 Å². The fourth-order valence-electron chi connectivity index (χ4n) is 2.07. The van der Waals surface area contributed by atoms with Gasteiger partial charge in [-0.3, -0.25) is 0 Å². The summed E-state index contributed by atoms with van der Waals surface area (Å²) in [6.07, 6.45) is 2.52. The van der Waals surface area contributed by atoms with Crippen LogP contribution < -0.4 is 5.32 Å². The third-order valence-electron chi connectivity index (χ3n) is 2.90. The van der Waals surface area contributed by atoms with Gasteiger partial charge in [-0.15, -0.1) is 0 Å². The van der Waals surface area contributed by atoms with E-state index in [1.807, 2.05) is 0 Å². The molecule has 1 aliphatic carbocycles. The monoisotopic (exact) mass is 283 g/mol. The fourth-order valence-corrected chi connectivity index (χ4v) is 2.48. The normalized spacial score (nSPS) is 18.8. The van der Waals surface area contributed by atoms with Gasteiger partial charge in [-0.2, -0.15) is 0 Å². The minimum absolute atomic E-state index is 0.189. The number of rotatable bonds is 1. The van der Waals surface area contributed by atoms with Crippen molar-refractivity contribution in [1.29, 1.82) is 0 Å². The first kappa shape index (κ1) is 11.5. The number of benzene rings is 1. The van der Waals surface area contributed by atoms with Crippen LogP contribution in [-0.2, 0) is 17.6 Å². The average Bonchev–Trinajstić information content (AvgIpc) is 2.28. The summed E-state index contributed by atoms with van der Waals surface area (Å²) < 4.78 is 5.69. The van der Waals surface area contributed by atoms with E-state index in [0.717, 1.165) is 23.7 Å². The molecule has 0 aromatic heterocycles. The van der Waals surface area contributed by atoms with E-state index in [-0.39, 0.29) is 12.1 Å². The van der Waals surface area contributed by atoms with Crippen molar-refractivity contribution in [1.82, 2.24) is 5.32 Å². The molecular formula is C12H14BrNO2. The summed E-state index contributed by atoms with van der Waals surface area (Å²) in [4.78, 5) is 11.1. The second-order valence-corrected chi connectivity index (χ2v) is 4.90. The fraction of sp³-hybridized carbons (Fsp3) is 0.417. The number of aryl methyl sites for hydroxylation is 1. The molecule has 0 radical (unpaired) electrons. The number of carbonyl (C=O) groups excluding carboxylic acids is 1. The van der Waals surface area contributed by atoms with Crippen LogP contribution in [-0.4, -0.2) is 19.2 Å². The Kier molecular flexibility index (Phi) is 3.49. The number of amides is 1. The van der Waals surface area contributed by atoms with Gasteiger partial charge in [0.15, 0.2) is 0 Å². The molecule has 0 spiro atoms. The van der Waals surface area contributed by atoms with Gasteiger partial charge in [-0.05, 0) is 42.5 Å². The standard InChI is InChI=1S/C12H14BrNO2/c1-16-12(15)14-11-5-3-8-2-4-10(13)6-9(8)7-11/h2,4,6,11H,3,5,7H2,1H3,(H,14,15)/t11-/m1/s1. The maximum absolute atomic E-state index is 11.1. The molecule has 4 heteroatoms. The Morgan fingerprint density at radius 3 is 3.06 bits per heavy atom. The zero-order valence-electron chi connectivity index (χ0n) is 9.13. The third kappa shape index (κ3) is 2.55. The number of methoxy groups -OCH3 is 1. The Labute approximate surface area is 103 Å². The van der Waals surface area contributed by atoms with E-state index in [0.29, 0.717) is 0 Å². The van der Waals surface area contributed by atoms with Crippen molar-refractivity contribution in [2.75, 3.05) is 7.11 Å². The highest BCUT2D eigenvalue weighted by atomic mass is 79.9. The lowest BCUT2D eigenvalue weighted by atomic mass is 9.88. The van der Waals surface area contributed by atoms with Crippen LogP contribution in [0.1, 0.15) is 17.5 Å². The van der Waals surface area contributed by atoms with Gasteiger partial charge >= 0.3 is 6.09 Å². The van der Waals surface area contributed by atoms with Gasteiger partial charge < -0.3 is 10.1 Å². The van der Waals surface area contributed by atoms with Crippen LogP contribution in [0.2, 0.25) is 0 Å². The Hall–Kier alpha value is -1.03. The zero-order chi connectivity index (χ0) is 11.5. The number of fused-ring (bicyclic) bond motifs is 1. The van der Waals surface area contributed by atoms with Gasteiger partial charge in [0.25, 0.3) is 0 Å². The lowest BCUT2D eigenvalue weighted by Gasteiger charge is -2.25. The Bertz CT molecular complexity index is 406. The quantitative estimate of drug-likeness (QED) is 0.861.